The number of hydrogen-bond acceptors (Lipinski definition) is 4. The maximum Gasteiger partial charge on any atom is 0.257 e. The number of rotatable bonds is 7. The van der Waals surface area contributed by atoms with Gasteiger partial charge in [0, 0.05) is 5.56 Å². The Kier molecular flexibility index (Phi) is 7.22. The molecule has 1 amide bonds. The van der Waals surface area contributed by atoms with Crippen LogP contribution in [0.15, 0.2) is 48.5 Å². The van der Waals surface area contributed by atoms with Gasteiger partial charge in [0.25, 0.3) is 5.91 Å². The Hall–Kier alpha value is -2.60. The number of anilines is 1. The molecule has 0 aliphatic rings. The molecule has 2 rings (SSSR count). The molecule has 0 spiro atoms. The molecular formula is C19H22N2O3S. The van der Waals surface area contributed by atoms with E-state index in [0.29, 0.717) is 30.2 Å². The lowest BCUT2D eigenvalue weighted by atomic mass is 10.2. The zero-order chi connectivity index (χ0) is 18.1. The fourth-order valence-electron chi connectivity index (χ4n) is 2.10. The fraction of sp³-hybridized carbons (Fsp3) is 0.263. The van der Waals surface area contributed by atoms with E-state index in [2.05, 4.69) is 10.6 Å². The molecule has 0 aromatic heterocycles. The van der Waals surface area contributed by atoms with Crippen LogP contribution in [-0.2, 0) is 0 Å². The van der Waals surface area contributed by atoms with Gasteiger partial charge in [-0.1, -0.05) is 19.1 Å². The summed E-state index contributed by atoms with van der Waals surface area (Å²) >= 11 is 5.22. The quantitative estimate of drug-likeness (QED) is 0.733. The first kappa shape index (κ1) is 18.7. The number of amides is 1. The second-order valence-electron chi connectivity index (χ2n) is 5.21. The molecule has 25 heavy (non-hydrogen) atoms. The van der Waals surface area contributed by atoms with Crippen LogP contribution in [0.3, 0.4) is 0 Å². The highest BCUT2D eigenvalue weighted by Gasteiger charge is 2.10. The van der Waals surface area contributed by atoms with E-state index in [9.17, 15) is 4.79 Å². The summed E-state index contributed by atoms with van der Waals surface area (Å²) in [5.74, 6) is 1.14. The SMILES string of the molecule is CCCOc1ccc(C(=O)NC(=S)Nc2ccccc2OCC)cc1. The van der Waals surface area contributed by atoms with Crippen molar-refractivity contribution in [3.8, 4) is 11.5 Å². The van der Waals surface area contributed by atoms with Crippen molar-refractivity contribution in [1.82, 2.24) is 5.32 Å². The van der Waals surface area contributed by atoms with Gasteiger partial charge in [0.05, 0.1) is 18.9 Å². The zero-order valence-electron chi connectivity index (χ0n) is 14.4. The molecule has 0 aliphatic carbocycles. The molecule has 0 radical (unpaired) electrons. The van der Waals surface area contributed by atoms with Crippen LogP contribution < -0.4 is 20.1 Å². The summed E-state index contributed by atoms with van der Waals surface area (Å²) in [5, 5.41) is 5.86. The van der Waals surface area contributed by atoms with Crippen LogP contribution in [0, 0.1) is 0 Å². The van der Waals surface area contributed by atoms with E-state index in [1.807, 2.05) is 38.1 Å². The average Bonchev–Trinajstić information content (AvgIpc) is 2.62. The van der Waals surface area contributed by atoms with Crippen LogP contribution in [0.25, 0.3) is 0 Å². The molecule has 0 unspecified atom stereocenters. The molecule has 6 heteroatoms. The van der Waals surface area contributed by atoms with Crippen LogP contribution in [-0.4, -0.2) is 24.2 Å². The van der Waals surface area contributed by atoms with Crippen LogP contribution in [0.4, 0.5) is 5.69 Å². The minimum Gasteiger partial charge on any atom is -0.494 e. The summed E-state index contributed by atoms with van der Waals surface area (Å²) in [6, 6.07) is 14.4. The van der Waals surface area contributed by atoms with Crippen molar-refractivity contribution in [2.75, 3.05) is 18.5 Å². The molecule has 0 saturated heterocycles. The number of para-hydroxylation sites is 2. The summed E-state index contributed by atoms with van der Waals surface area (Å²) < 4.78 is 11.0. The summed E-state index contributed by atoms with van der Waals surface area (Å²) in [6.45, 7) is 5.15. The third kappa shape index (κ3) is 5.76. The number of thiocarbonyl (C=S) groups is 1. The second kappa shape index (κ2) is 9.64. The van der Waals surface area contributed by atoms with Crippen molar-refractivity contribution < 1.29 is 14.3 Å². The van der Waals surface area contributed by atoms with Gasteiger partial charge in [0.1, 0.15) is 11.5 Å². The standard InChI is InChI=1S/C19H22N2O3S/c1-3-13-24-15-11-9-14(10-12-15)18(22)21-19(25)20-16-7-5-6-8-17(16)23-4-2/h5-12H,3-4,13H2,1-2H3,(H2,20,21,22,25). The Morgan fingerprint density at radius 2 is 1.76 bits per heavy atom. The number of ether oxygens (including phenoxy) is 2. The molecule has 0 saturated carbocycles. The first-order valence-corrected chi connectivity index (χ1v) is 8.62. The van der Waals surface area contributed by atoms with Gasteiger partial charge in [-0.3, -0.25) is 10.1 Å². The van der Waals surface area contributed by atoms with Gasteiger partial charge in [-0.2, -0.15) is 0 Å². The summed E-state index contributed by atoms with van der Waals surface area (Å²) in [5.41, 5.74) is 1.21. The Morgan fingerprint density at radius 1 is 1.04 bits per heavy atom. The fourth-order valence-corrected chi connectivity index (χ4v) is 2.31. The average molecular weight is 358 g/mol. The molecule has 2 aromatic carbocycles. The van der Waals surface area contributed by atoms with Crippen molar-refractivity contribution in [1.29, 1.82) is 0 Å². The molecule has 132 valence electrons. The Balaban J connectivity index is 1.95. The van der Waals surface area contributed by atoms with Crippen molar-refractivity contribution in [3.63, 3.8) is 0 Å². The summed E-state index contributed by atoms with van der Waals surface area (Å²) in [4.78, 5) is 12.3. The van der Waals surface area contributed by atoms with Gasteiger partial charge in [0.2, 0.25) is 0 Å². The number of benzene rings is 2. The lowest BCUT2D eigenvalue weighted by Gasteiger charge is -2.13. The molecule has 0 heterocycles. The maximum atomic E-state index is 12.3. The number of carbonyl (C=O) groups excluding carboxylic acids is 1. The van der Waals surface area contributed by atoms with E-state index in [1.54, 1.807) is 24.3 Å². The minimum absolute atomic E-state index is 0.212. The molecule has 5 nitrogen and oxygen atoms in total. The van der Waals surface area contributed by atoms with Gasteiger partial charge >= 0.3 is 0 Å². The summed E-state index contributed by atoms with van der Waals surface area (Å²) in [6.07, 6.45) is 0.936. The Labute approximate surface area is 153 Å². The molecular weight excluding hydrogens is 336 g/mol. The van der Waals surface area contributed by atoms with Gasteiger partial charge < -0.3 is 14.8 Å². The van der Waals surface area contributed by atoms with Gasteiger partial charge in [-0.25, -0.2) is 0 Å². The molecule has 2 aromatic rings. The molecule has 0 aliphatic heterocycles. The predicted molar refractivity (Wildman–Crippen MR) is 104 cm³/mol. The van der Waals surface area contributed by atoms with Gasteiger partial charge in [-0.15, -0.1) is 0 Å². The van der Waals surface area contributed by atoms with Crippen molar-refractivity contribution in [2.24, 2.45) is 0 Å². The normalized spacial score (nSPS) is 10.0. The Morgan fingerprint density at radius 3 is 2.44 bits per heavy atom. The smallest absolute Gasteiger partial charge is 0.257 e. The molecule has 0 atom stereocenters. The van der Waals surface area contributed by atoms with E-state index in [0.717, 1.165) is 12.2 Å². The van der Waals surface area contributed by atoms with E-state index in [-0.39, 0.29) is 11.0 Å². The third-order valence-corrected chi connectivity index (χ3v) is 3.46. The van der Waals surface area contributed by atoms with Crippen LogP contribution in [0.2, 0.25) is 0 Å². The van der Waals surface area contributed by atoms with E-state index >= 15 is 0 Å². The minimum atomic E-state index is -0.284. The first-order valence-electron chi connectivity index (χ1n) is 8.21. The predicted octanol–water partition coefficient (Wildman–Crippen LogP) is 4.00. The topological polar surface area (TPSA) is 59.6 Å². The number of nitrogens with one attached hydrogen (secondary N) is 2. The Bertz CT molecular complexity index is 717. The lowest BCUT2D eigenvalue weighted by Crippen LogP contribution is -2.34. The van der Waals surface area contributed by atoms with Crippen LogP contribution in [0.1, 0.15) is 30.6 Å². The van der Waals surface area contributed by atoms with Crippen LogP contribution >= 0.6 is 12.2 Å². The van der Waals surface area contributed by atoms with Crippen molar-refractivity contribution in [2.45, 2.75) is 20.3 Å². The lowest BCUT2D eigenvalue weighted by molar-refractivity contribution is 0.0977. The van der Waals surface area contributed by atoms with Gasteiger partial charge in [-0.05, 0) is 62.0 Å². The first-order chi connectivity index (χ1) is 12.1. The summed E-state index contributed by atoms with van der Waals surface area (Å²) in [7, 11) is 0. The second-order valence-corrected chi connectivity index (χ2v) is 5.62. The zero-order valence-corrected chi connectivity index (χ0v) is 15.2. The van der Waals surface area contributed by atoms with E-state index in [1.165, 1.54) is 0 Å². The highest BCUT2D eigenvalue weighted by molar-refractivity contribution is 7.80. The van der Waals surface area contributed by atoms with Gasteiger partial charge in [0.15, 0.2) is 5.11 Å². The number of carbonyl (C=O) groups is 1. The highest BCUT2D eigenvalue weighted by Crippen LogP contribution is 2.23. The van der Waals surface area contributed by atoms with Crippen molar-refractivity contribution >= 4 is 28.9 Å². The molecule has 0 fully saturated rings. The molecule has 0 bridgehead atoms. The van der Waals surface area contributed by atoms with Crippen LogP contribution in [0.5, 0.6) is 11.5 Å². The number of hydrogen-bond donors (Lipinski definition) is 2. The maximum absolute atomic E-state index is 12.3. The highest BCUT2D eigenvalue weighted by atomic mass is 32.1. The van der Waals surface area contributed by atoms with E-state index < -0.39 is 0 Å². The van der Waals surface area contributed by atoms with Crippen molar-refractivity contribution in [3.05, 3.63) is 54.1 Å². The van der Waals surface area contributed by atoms with E-state index in [4.69, 9.17) is 21.7 Å². The molecule has 2 N–H and O–H groups in total. The largest absolute Gasteiger partial charge is 0.494 e. The monoisotopic (exact) mass is 358 g/mol. The third-order valence-electron chi connectivity index (χ3n) is 3.25.